The van der Waals surface area contributed by atoms with Crippen molar-refractivity contribution in [2.75, 3.05) is 10.6 Å². The maximum Gasteiger partial charge on any atom is 0.163 e. The number of anilines is 2. The van der Waals surface area contributed by atoms with E-state index in [0.717, 1.165) is 34.8 Å². The van der Waals surface area contributed by atoms with Crippen LogP contribution in [0, 0.1) is 11.6 Å². The van der Waals surface area contributed by atoms with E-state index in [2.05, 4.69) is 10.6 Å². The molecule has 3 aromatic rings. The Bertz CT molecular complexity index is 1160. The third-order valence-electron chi connectivity index (χ3n) is 5.85. The van der Waals surface area contributed by atoms with Gasteiger partial charge in [-0.15, -0.1) is 0 Å². The van der Waals surface area contributed by atoms with Gasteiger partial charge in [-0.3, -0.25) is 4.79 Å². The summed E-state index contributed by atoms with van der Waals surface area (Å²) >= 11 is 0. The zero-order valence-electron chi connectivity index (χ0n) is 16.2. The van der Waals surface area contributed by atoms with Gasteiger partial charge in [0.1, 0.15) is 11.6 Å². The molecule has 5 rings (SSSR count). The Morgan fingerprint density at radius 3 is 2.37 bits per heavy atom. The average Bonchev–Trinajstić information content (AvgIpc) is 2.93. The zero-order valence-corrected chi connectivity index (χ0v) is 16.2. The molecule has 0 saturated carbocycles. The van der Waals surface area contributed by atoms with Gasteiger partial charge in [0.15, 0.2) is 5.78 Å². The van der Waals surface area contributed by atoms with Crippen LogP contribution in [0.25, 0.3) is 0 Å². The molecular formula is C25H20F2N2O. The van der Waals surface area contributed by atoms with Gasteiger partial charge in [0.25, 0.3) is 0 Å². The van der Waals surface area contributed by atoms with Gasteiger partial charge in [0.2, 0.25) is 0 Å². The summed E-state index contributed by atoms with van der Waals surface area (Å²) in [5.74, 6) is -1.11. The molecule has 0 fully saturated rings. The van der Waals surface area contributed by atoms with Crippen LogP contribution in [0.2, 0.25) is 0 Å². The molecule has 3 nitrogen and oxygen atoms in total. The van der Waals surface area contributed by atoms with Crippen LogP contribution < -0.4 is 10.6 Å². The highest BCUT2D eigenvalue weighted by Gasteiger charge is 2.37. The summed E-state index contributed by atoms with van der Waals surface area (Å²) in [7, 11) is 0. The van der Waals surface area contributed by atoms with Crippen molar-refractivity contribution in [2.45, 2.75) is 24.8 Å². The monoisotopic (exact) mass is 402 g/mol. The van der Waals surface area contributed by atoms with E-state index in [1.165, 1.54) is 6.07 Å². The molecule has 0 saturated heterocycles. The lowest BCUT2D eigenvalue weighted by Crippen LogP contribution is -2.27. The molecule has 0 radical (unpaired) electrons. The normalized spacial score (nSPS) is 20.5. The number of allylic oxidation sites excluding steroid dienone is 1. The van der Waals surface area contributed by atoms with Crippen LogP contribution in [-0.2, 0) is 4.79 Å². The number of carbonyl (C=O) groups is 1. The van der Waals surface area contributed by atoms with Crippen molar-refractivity contribution in [1.82, 2.24) is 0 Å². The third kappa shape index (κ3) is 3.26. The number of hydrogen-bond donors (Lipinski definition) is 2. The van der Waals surface area contributed by atoms with Crippen LogP contribution in [0.1, 0.15) is 35.9 Å². The first kappa shape index (κ1) is 18.6. The molecule has 3 aromatic carbocycles. The molecular weight excluding hydrogens is 382 g/mol. The summed E-state index contributed by atoms with van der Waals surface area (Å²) in [5, 5.41) is 6.69. The molecule has 2 unspecified atom stereocenters. The number of fused-ring (bicyclic) bond motifs is 1. The van der Waals surface area contributed by atoms with Crippen molar-refractivity contribution in [3.8, 4) is 0 Å². The summed E-state index contributed by atoms with van der Waals surface area (Å²) in [5.41, 5.74) is 4.01. The largest absolute Gasteiger partial charge is 0.372 e. The van der Waals surface area contributed by atoms with Gasteiger partial charge in [-0.2, -0.15) is 0 Å². The first-order chi connectivity index (χ1) is 14.6. The van der Waals surface area contributed by atoms with E-state index >= 15 is 0 Å². The Labute approximate surface area is 173 Å². The number of Topliss-reactive ketones (excluding diaryl/α,β-unsaturated/α-hetero) is 1. The molecule has 150 valence electrons. The van der Waals surface area contributed by atoms with Gasteiger partial charge in [-0.1, -0.05) is 42.5 Å². The van der Waals surface area contributed by atoms with Crippen LogP contribution in [0.3, 0.4) is 0 Å². The maximum atomic E-state index is 14.7. The van der Waals surface area contributed by atoms with E-state index < -0.39 is 17.7 Å². The number of carbonyl (C=O) groups excluding carboxylic acids is 1. The molecule has 0 aromatic heterocycles. The fourth-order valence-corrected chi connectivity index (χ4v) is 4.42. The molecule has 0 bridgehead atoms. The third-order valence-corrected chi connectivity index (χ3v) is 5.85. The number of para-hydroxylation sites is 2. The lowest BCUT2D eigenvalue weighted by molar-refractivity contribution is -0.116. The highest BCUT2D eigenvalue weighted by Crippen LogP contribution is 2.44. The second-order valence-electron chi connectivity index (χ2n) is 7.75. The van der Waals surface area contributed by atoms with Gasteiger partial charge in [0, 0.05) is 23.3 Å². The van der Waals surface area contributed by atoms with Crippen LogP contribution >= 0.6 is 0 Å². The van der Waals surface area contributed by atoms with Crippen LogP contribution in [0.4, 0.5) is 20.2 Å². The van der Waals surface area contributed by atoms with Gasteiger partial charge in [-0.25, -0.2) is 8.78 Å². The summed E-state index contributed by atoms with van der Waals surface area (Å²) in [4.78, 5) is 13.3. The minimum absolute atomic E-state index is 0.0354. The van der Waals surface area contributed by atoms with E-state index in [1.54, 1.807) is 0 Å². The van der Waals surface area contributed by atoms with E-state index in [9.17, 15) is 13.6 Å². The predicted molar refractivity (Wildman–Crippen MR) is 113 cm³/mol. The SMILES string of the molecule is O=C1CC(c2ccccc2)CC2=C1C(c1cc(F)ccc1F)Nc1ccccc1N2. The van der Waals surface area contributed by atoms with Crippen LogP contribution in [0.5, 0.6) is 0 Å². The van der Waals surface area contributed by atoms with Crippen molar-refractivity contribution in [3.05, 3.63) is 107 Å². The number of rotatable bonds is 2. The summed E-state index contributed by atoms with van der Waals surface area (Å²) < 4.78 is 28.7. The fraction of sp³-hybridized carbons (Fsp3) is 0.160. The number of benzene rings is 3. The van der Waals surface area contributed by atoms with Gasteiger partial charge >= 0.3 is 0 Å². The topological polar surface area (TPSA) is 41.1 Å². The molecule has 1 heterocycles. The first-order valence-electron chi connectivity index (χ1n) is 9.99. The lowest BCUT2D eigenvalue weighted by atomic mass is 9.78. The zero-order chi connectivity index (χ0) is 20.7. The quantitative estimate of drug-likeness (QED) is 0.557. The summed E-state index contributed by atoms with van der Waals surface area (Å²) in [6, 6.07) is 20.1. The molecule has 0 amide bonds. The highest BCUT2D eigenvalue weighted by atomic mass is 19.1. The molecule has 2 atom stereocenters. The predicted octanol–water partition coefficient (Wildman–Crippen LogP) is 5.94. The molecule has 1 aliphatic heterocycles. The number of ketones is 1. The summed E-state index contributed by atoms with van der Waals surface area (Å²) in [6.07, 6.45) is 0.949. The minimum Gasteiger partial charge on any atom is -0.372 e. The highest BCUT2D eigenvalue weighted by molar-refractivity contribution is 6.01. The number of hydrogen-bond acceptors (Lipinski definition) is 3. The molecule has 1 aliphatic carbocycles. The van der Waals surface area contributed by atoms with Crippen molar-refractivity contribution in [2.24, 2.45) is 0 Å². The molecule has 30 heavy (non-hydrogen) atoms. The standard InChI is InChI=1S/C25H20F2N2O/c26-17-10-11-19(27)18(14-17)25-24-22(28-20-8-4-5-9-21(20)29-25)12-16(13-23(24)30)15-6-2-1-3-7-15/h1-11,14,16,25,28-29H,12-13H2. The van der Waals surface area contributed by atoms with Crippen molar-refractivity contribution in [1.29, 1.82) is 0 Å². The smallest absolute Gasteiger partial charge is 0.163 e. The van der Waals surface area contributed by atoms with Crippen LogP contribution in [0.15, 0.2) is 84.1 Å². The lowest BCUT2D eigenvalue weighted by Gasteiger charge is -2.30. The van der Waals surface area contributed by atoms with Gasteiger partial charge in [-0.05, 0) is 48.2 Å². The van der Waals surface area contributed by atoms with E-state index in [4.69, 9.17) is 0 Å². The molecule has 5 heteroatoms. The average molecular weight is 402 g/mol. The number of nitrogens with one attached hydrogen (secondary N) is 2. The second kappa shape index (κ2) is 7.41. The Kier molecular flexibility index (Phi) is 4.58. The second-order valence-corrected chi connectivity index (χ2v) is 7.75. The van der Waals surface area contributed by atoms with Crippen molar-refractivity contribution in [3.63, 3.8) is 0 Å². The number of halogens is 2. The van der Waals surface area contributed by atoms with E-state index in [0.29, 0.717) is 18.4 Å². The van der Waals surface area contributed by atoms with Gasteiger partial charge < -0.3 is 10.6 Å². The minimum atomic E-state index is -0.768. The summed E-state index contributed by atoms with van der Waals surface area (Å²) in [6.45, 7) is 0. The Morgan fingerprint density at radius 1 is 0.833 bits per heavy atom. The molecule has 0 spiro atoms. The van der Waals surface area contributed by atoms with Gasteiger partial charge in [0.05, 0.1) is 17.4 Å². The molecule has 2 aliphatic rings. The maximum absolute atomic E-state index is 14.7. The van der Waals surface area contributed by atoms with E-state index in [1.807, 2.05) is 54.6 Å². The Hall–Kier alpha value is -3.47. The van der Waals surface area contributed by atoms with Crippen LogP contribution in [-0.4, -0.2) is 5.78 Å². The Balaban J connectivity index is 1.65. The first-order valence-corrected chi connectivity index (χ1v) is 9.99. The Morgan fingerprint density at radius 2 is 1.57 bits per heavy atom. The van der Waals surface area contributed by atoms with Crippen molar-refractivity contribution < 1.29 is 13.6 Å². The fourth-order valence-electron chi connectivity index (χ4n) is 4.42. The molecule has 2 N–H and O–H groups in total. The van der Waals surface area contributed by atoms with E-state index in [-0.39, 0.29) is 17.3 Å². The van der Waals surface area contributed by atoms with Crippen molar-refractivity contribution >= 4 is 17.2 Å².